The van der Waals surface area contributed by atoms with E-state index in [1.165, 1.54) is 0 Å². The maximum absolute atomic E-state index is 12.0. The van der Waals surface area contributed by atoms with Gasteiger partial charge in [-0.05, 0) is 39.3 Å². The fraction of sp³-hybridized carbons (Fsp3) is 0.533. The van der Waals surface area contributed by atoms with Crippen molar-refractivity contribution in [1.82, 2.24) is 15.6 Å². The summed E-state index contributed by atoms with van der Waals surface area (Å²) in [5.41, 5.74) is -0.239. The summed E-state index contributed by atoms with van der Waals surface area (Å²) in [5, 5.41) is 5.03. The number of ether oxygens (including phenoxy) is 1. The number of alkyl carbamates (subject to hydrolysis) is 1. The number of nitrogens with one attached hydrogen (secondary N) is 3. The van der Waals surface area contributed by atoms with Crippen molar-refractivity contribution in [3.63, 3.8) is 0 Å². The van der Waals surface area contributed by atoms with Crippen LogP contribution in [0, 0.1) is 0 Å². The van der Waals surface area contributed by atoms with Crippen molar-refractivity contribution in [1.29, 1.82) is 0 Å². The number of carbonyl (C=O) groups excluding carboxylic acids is 2. The first-order chi connectivity index (χ1) is 10.3. The summed E-state index contributed by atoms with van der Waals surface area (Å²) >= 11 is 0. The summed E-state index contributed by atoms with van der Waals surface area (Å²) in [4.78, 5) is 30.8. The highest BCUT2D eigenvalue weighted by molar-refractivity contribution is 6.08. The van der Waals surface area contributed by atoms with Gasteiger partial charge in [-0.1, -0.05) is 13.3 Å². The monoisotopic (exact) mass is 308 g/mol. The van der Waals surface area contributed by atoms with E-state index in [4.69, 9.17) is 4.74 Å². The van der Waals surface area contributed by atoms with Gasteiger partial charge in [-0.25, -0.2) is 4.79 Å². The topological polar surface area (TPSA) is 95.6 Å². The molecule has 122 valence electrons. The van der Waals surface area contributed by atoms with E-state index in [1.54, 1.807) is 39.1 Å². The van der Waals surface area contributed by atoms with Crippen molar-refractivity contribution < 1.29 is 14.3 Å². The Hall–Kier alpha value is -2.31. The number of rotatable bonds is 4. The number of aliphatic imine (C=N–C) groups is 1. The molecule has 0 aliphatic rings. The third-order valence-corrected chi connectivity index (χ3v) is 2.48. The number of aromatic amines is 1. The lowest BCUT2D eigenvalue weighted by molar-refractivity contribution is 0.0561. The van der Waals surface area contributed by atoms with Crippen molar-refractivity contribution in [3.8, 4) is 0 Å². The fourth-order valence-corrected chi connectivity index (χ4v) is 1.51. The molecule has 22 heavy (non-hydrogen) atoms. The molecule has 0 aromatic carbocycles. The Labute approximate surface area is 130 Å². The molecule has 1 heterocycles. The van der Waals surface area contributed by atoms with Gasteiger partial charge < -0.3 is 9.72 Å². The predicted molar refractivity (Wildman–Crippen MR) is 84.8 cm³/mol. The molecule has 7 heteroatoms. The van der Waals surface area contributed by atoms with Crippen molar-refractivity contribution in [2.24, 2.45) is 4.99 Å². The summed E-state index contributed by atoms with van der Waals surface area (Å²) < 4.78 is 5.16. The largest absolute Gasteiger partial charge is 0.444 e. The molecule has 0 bridgehead atoms. The third-order valence-electron chi connectivity index (χ3n) is 2.48. The number of carbonyl (C=O) groups is 2. The highest BCUT2D eigenvalue weighted by Gasteiger charge is 2.18. The third kappa shape index (κ3) is 6.92. The minimum Gasteiger partial charge on any atom is -0.444 e. The minimum atomic E-state index is -0.658. The first-order valence-corrected chi connectivity index (χ1v) is 7.31. The van der Waals surface area contributed by atoms with Crippen LogP contribution in [0.4, 0.5) is 4.79 Å². The number of amides is 2. The molecule has 0 aliphatic heterocycles. The maximum Gasteiger partial charge on any atom is 0.414 e. The molecule has 0 atom stereocenters. The summed E-state index contributed by atoms with van der Waals surface area (Å²) in [6.45, 7) is 7.83. The van der Waals surface area contributed by atoms with E-state index in [9.17, 15) is 9.59 Å². The predicted octanol–water partition coefficient (Wildman–Crippen LogP) is 2.43. The molecule has 0 saturated carbocycles. The van der Waals surface area contributed by atoms with Crippen LogP contribution in [0.5, 0.6) is 0 Å². The van der Waals surface area contributed by atoms with Crippen LogP contribution in [0.1, 0.15) is 51.0 Å². The molecular formula is C15H24N4O3. The molecule has 2 amide bonds. The molecule has 0 saturated heterocycles. The van der Waals surface area contributed by atoms with Gasteiger partial charge in [0.05, 0.1) is 0 Å². The van der Waals surface area contributed by atoms with Gasteiger partial charge in [-0.15, -0.1) is 0 Å². The van der Waals surface area contributed by atoms with Crippen LogP contribution in [-0.4, -0.2) is 35.1 Å². The zero-order valence-electron chi connectivity index (χ0n) is 13.5. The van der Waals surface area contributed by atoms with E-state index in [-0.39, 0.29) is 11.9 Å². The fourth-order valence-electron chi connectivity index (χ4n) is 1.51. The van der Waals surface area contributed by atoms with E-state index < -0.39 is 11.7 Å². The van der Waals surface area contributed by atoms with Gasteiger partial charge in [0.1, 0.15) is 11.3 Å². The molecular weight excluding hydrogens is 284 g/mol. The van der Waals surface area contributed by atoms with Crippen molar-refractivity contribution in [2.45, 2.75) is 46.1 Å². The lowest BCUT2D eigenvalue weighted by atomic mass is 10.2. The standard InChI is InChI=1S/C15H24N4O3/c1-5-6-9-17-13(19-14(21)22-15(2,3)4)18-12(20)11-8-7-10-16-11/h7-8,10,16H,5-6,9H2,1-4H3,(H2,17,18,19,20,21). The average molecular weight is 308 g/mol. The highest BCUT2D eigenvalue weighted by Crippen LogP contribution is 2.06. The van der Waals surface area contributed by atoms with Gasteiger partial charge in [-0.3, -0.25) is 20.4 Å². The molecule has 0 radical (unpaired) electrons. The number of aromatic nitrogens is 1. The number of hydrogen-bond donors (Lipinski definition) is 3. The molecule has 3 N–H and O–H groups in total. The summed E-state index contributed by atoms with van der Waals surface area (Å²) in [6, 6.07) is 3.34. The highest BCUT2D eigenvalue weighted by atomic mass is 16.6. The van der Waals surface area contributed by atoms with Crippen LogP contribution in [0.2, 0.25) is 0 Å². The zero-order valence-corrected chi connectivity index (χ0v) is 13.5. The normalized spacial score (nSPS) is 11.9. The van der Waals surface area contributed by atoms with Gasteiger partial charge in [-0.2, -0.15) is 0 Å². The second kappa shape index (κ2) is 8.21. The maximum atomic E-state index is 12.0. The van der Waals surface area contributed by atoms with Gasteiger partial charge >= 0.3 is 6.09 Å². The molecule has 0 aliphatic carbocycles. The van der Waals surface area contributed by atoms with Crippen LogP contribution in [-0.2, 0) is 4.74 Å². The smallest absolute Gasteiger partial charge is 0.414 e. The molecule has 0 unspecified atom stereocenters. The summed E-state index contributed by atoms with van der Waals surface area (Å²) in [7, 11) is 0. The van der Waals surface area contributed by atoms with Gasteiger partial charge in [0.25, 0.3) is 5.91 Å². The lowest BCUT2D eigenvalue weighted by Gasteiger charge is -2.20. The van der Waals surface area contributed by atoms with Gasteiger partial charge in [0.2, 0.25) is 5.96 Å². The number of unbranched alkanes of at least 4 members (excludes halogenated alkanes) is 1. The molecule has 1 rings (SSSR count). The number of hydrogen-bond acceptors (Lipinski definition) is 4. The van der Waals surface area contributed by atoms with Crippen molar-refractivity contribution in [2.75, 3.05) is 6.54 Å². The average Bonchev–Trinajstić information content (AvgIpc) is 2.90. The Kier molecular flexibility index (Phi) is 6.62. The Bertz CT molecular complexity index is 515. The van der Waals surface area contributed by atoms with Crippen LogP contribution in [0.25, 0.3) is 0 Å². The van der Waals surface area contributed by atoms with E-state index in [1.807, 2.05) is 6.92 Å². The van der Waals surface area contributed by atoms with Crippen LogP contribution < -0.4 is 10.6 Å². The van der Waals surface area contributed by atoms with E-state index >= 15 is 0 Å². The van der Waals surface area contributed by atoms with Crippen molar-refractivity contribution >= 4 is 18.0 Å². The van der Waals surface area contributed by atoms with Crippen LogP contribution >= 0.6 is 0 Å². The molecule has 1 aromatic rings. The Morgan fingerprint density at radius 1 is 1.32 bits per heavy atom. The first-order valence-electron chi connectivity index (χ1n) is 7.31. The molecule has 7 nitrogen and oxygen atoms in total. The van der Waals surface area contributed by atoms with Crippen molar-refractivity contribution in [3.05, 3.63) is 24.0 Å². The quantitative estimate of drug-likeness (QED) is 0.453. The van der Waals surface area contributed by atoms with Crippen LogP contribution in [0.3, 0.4) is 0 Å². The van der Waals surface area contributed by atoms with Crippen LogP contribution in [0.15, 0.2) is 23.3 Å². The SMILES string of the molecule is CCCCN=C(NC(=O)OC(C)(C)C)NC(=O)c1ccc[nH]1. The lowest BCUT2D eigenvalue weighted by Crippen LogP contribution is -2.46. The van der Waals surface area contributed by atoms with E-state index in [0.717, 1.165) is 12.8 Å². The minimum absolute atomic E-state index is 0.0855. The molecule has 1 aromatic heterocycles. The zero-order chi connectivity index (χ0) is 16.6. The van der Waals surface area contributed by atoms with E-state index in [0.29, 0.717) is 12.2 Å². The van der Waals surface area contributed by atoms with Gasteiger partial charge in [0.15, 0.2) is 0 Å². The molecule has 0 spiro atoms. The summed E-state index contributed by atoms with van der Waals surface area (Å²) in [5.74, 6) is -0.293. The van der Waals surface area contributed by atoms with Gasteiger partial charge in [0, 0.05) is 12.7 Å². The summed E-state index contributed by atoms with van der Waals surface area (Å²) in [6.07, 6.45) is 2.81. The Morgan fingerprint density at radius 3 is 2.59 bits per heavy atom. The number of H-pyrrole nitrogens is 1. The van der Waals surface area contributed by atoms with E-state index in [2.05, 4.69) is 20.6 Å². The molecule has 0 fully saturated rings. The second-order valence-corrected chi connectivity index (χ2v) is 5.75. The number of nitrogens with zero attached hydrogens (tertiary/aromatic N) is 1. The number of guanidine groups is 1. The second-order valence-electron chi connectivity index (χ2n) is 5.75. The Morgan fingerprint density at radius 2 is 2.05 bits per heavy atom. The first kappa shape index (κ1) is 17.7. The Balaban J connectivity index is 2.69.